The number of hydrogen-bond acceptors (Lipinski definition) is 5. The van der Waals surface area contributed by atoms with Gasteiger partial charge in [-0.1, -0.05) is 17.8 Å². The molecule has 5 nitrogen and oxygen atoms in total. The SMILES string of the molecule is COc1ccc(CSc2nnc(CN)n2C(C)C)cc1Br. The summed E-state index contributed by atoms with van der Waals surface area (Å²) in [4.78, 5) is 0. The maximum atomic E-state index is 5.71. The summed E-state index contributed by atoms with van der Waals surface area (Å²) >= 11 is 5.16. The molecule has 2 rings (SSSR count). The number of nitrogens with two attached hydrogens (primary N) is 1. The Morgan fingerprint density at radius 1 is 1.38 bits per heavy atom. The molecule has 21 heavy (non-hydrogen) atoms. The van der Waals surface area contributed by atoms with E-state index in [1.807, 2.05) is 6.07 Å². The fourth-order valence-electron chi connectivity index (χ4n) is 2.01. The van der Waals surface area contributed by atoms with Gasteiger partial charge in [-0.2, -0.15) is 0 Å². The van der Waals surface area contributed by atoms with Crippen molar-refractivity contribution in [3.05, 3.63) is 34.1 Å². The van der Waals surface area contributed by atoms with Gasteiger partial charge in [-0.25, -0.2) is 0 Å². The Kier molecular flexibility index (Phi) is 5.66. The maximum Gasteiger partial charge on any atom is 0.191 e. The van der Waals surface area contributed by atoms with E-state index in [-0.39, 0.29) is 0 Å². The summed E-state index contributed by atoms with van der Waals surface area (Å²) in [6, 6.07) is 6.37. The molecule has 7 heteroatoms. The molecule has 0 aliphatic heterocycles. The van der Waals surface area contributed by atoms with E-state index in [2.05, 4.69) is 56.7 Å². The lowest BCUT2D eigenvalue weighted by molar-refractivity contribution is 0.412. The average molecular weight is 371 g/mol. The highest BCUT2D eigenvalue weighted by atomic mass is 79.9. The first-order chi connectivity index (χ1) is 10.1. The minimum atomic E-state index is 0.295. The second-order valence-electron chi connectivity index (χ2n) is 4.82. The molecule has 0 amide bonds. The van der Waals surface area contributed by atoms with Crippen molar-refractivity contribution in [1.82, 2.24) is 14.8 Å². The molecule has 114 valence electrons. The fourth-order valence-corrected chi connectivity index (χ4v) is 3.63. The van der Waals surface area contributed by atoms with Crippen LogP contribution in [0.5, 0.6) is 5.75 Å². The Bertz CT molecular complexity index is 615. The van der Waals surface area contributed by atoms with Gasteiger partial charge in [-0.05, 0) is 47.5 Å². The van der Waals surface area contributed by atoms with Crippen LogP contribution in [0.4, 0.5) is 0 Å². The van der Waals surface area contributed by atoms with Crippen LogP contribution in [0, 0.1) is 0 Å². The van der Waals surface area contributed by atoms with Crippen LogP contribution >= 0.6 is 27.7 Å². The minimum Gasteiger partial charge on any atom is -0.496 e. The van der Waals surface area contributed by atoms with Crippen molar-refractivity contribution in [3.63, 3.8) is 0 Å². The van der Waals surface area contributed by atoms with E-state index in [1.165, 1.54) is 5.56 Å². The molecule has 0 fully saturated rings. The monoisotopic (exact) mass is 370 g/mol. The predicted octanol–water partition coefficient (Wildman–Crippen LogP) is 3.38. The fraction of sp³-hybridized carbons (Fsp3) is 0.429. The van der Waals surface area contributed by atoms with Gasteiger partial charge in [0.25, 0.3) is 0 Å². The number of aromatic nitrogens is 3. The molecule has 0 aliphatic rings. The maximum absolute atomic E-state index is 5.71. The number of benzene rings is 1. The van der Waals surface area contributed by atoms with Crippen LogP contribution < -0.4 is 10.5 Å². The molecular formula is C14H19BrN4OS. The smallest absolute Gasteiger partial charge is 0.191 e. The van der Waals surface area contributed by atoms with Gasteiger partial charge < -0.3 is 15.0 Å². The van der Waals surface area contributed by atoms with Gasteiger partial charge in [0.1, 0.15) is 11.6 Å². The van der Waals surface area contributed by atoms with E-state index >= 15 is 0 Å². The molecule has 0 saturated carbocycles. The predicted molar refractivity (Wildman–Crippen MR) is 88.6 cm³/mol. The Morgan fingerprint density at radius 3 is 2.71 bits per heavy atom. The Balaban J connectivity index is 2.13. The second kappa shape index (κ2) is 7.29. The number of hydrogen-bond donors (Lipinski definition) is 1. The highest BCUT2D eigenvalue weighted by Crippen LogP contribution is 2.29. The van der Waals surface area contributed by atoms with Gasteiger partial charge in [-0.3, -0.25) is 0 Å². The summed E-state index contributed by atoms with van der Waals surface area (Å²) in [6.07, 6.45) is 0. The minimum absolute atomic E-state index is 0.295. The Labute approximate surface area is 137 Å². The highest BCUT2D eigenvalue weighted by Gasteiger charge is 2.14. The number of halogens is 1. The number of rotatable bonds is 6. The third kappa shape index (κ3) is 3.78. The van der Waals surface area contributed by atoms with E-state index in [4.69, 9.17) is 10.5 Å². The molecule has 0 unspecified atom stereocenters. The molecular weight excluding hydrogens is 352 g/mol. The number of thioether (sulfide) groups is 1. The van der Waals surface area contributed by atoms with Crippen molar-refractivity contribution in [2.24, 2.45) is 5.73 Å². The number of methoxy groups -OCH3 is 1. The lowest BCUT2D eigenvalue weighted by Gasteiger charge is -2.13. The largest absolute Gasteiger partial charge is 0.496 e. The van der Waals surface area contributed by atoms with Crippen LogP contribution in [-0.4, -0.2) is 21.9 Å². The van der Waals surface area contributed by atoms with E-state index in [0.29, 0.717) is 12.6 Å². The standard InChI is InChI=1S/C14H19BrN4OS/c1-9(2)19-13(7-16)17-18-14(19)21-8-10-4-5-12(20-3)11(15)6-10/h4-6,9H,7-8,16H2,1-3H3. The molecule has 2 N–H and O–H groups in total. The number of nitrogens with zero attached hydrogens (tertiary/aromatic N) is 3. The van der Waals surface area contributed by atoms with Gasteiger partial charge in [0.05, 0.1) is 18.1 Å². The zero-order chi connectivity index (χ0) is 15.4. The molecule has 0 atom stereocenters. The third-order valence-corrected chi connectivity index (χ3v) is 4.65. The second-order valence-corrected chi connectivity index (χ2v) is 6.62. The van der Waals surface area contributed by atoms with E-state index in [9.17, 15) is 0 Å². The van der Waals surface area contributed by atoms with Gasteiger partial charge in [-0.15, -0.1) is 10.2 Å². The lowest BCUT2D eigenvalue weighted by Crippen LogP contribution is -2.11. The van der Waals surface area contributed by atoms with Crippen LogP contribution in [0.3, 0.4) is 0 Å². The van der Waals surface area contributed by atoms with Gasteiger partial charge >= 0.3 is 0 Å². The third-order valence-electron chi connectivity index (χ3n) is 3.02. The summed E-state index contributed by atoms with van der Waals surface area (Å²) in [5.41, 5.74) is 6.90. The molecule has 1 heterocycles. The van der Waals surface area contributed by atoms with Crippen molar-refractivity contribution in [2.75, 3.05) is 7.11 Å². The summed E-state index contributed by atoms with van der Waals surface area (Å²) in [5, 5.41) is 9.29. The molecule has 0 radical (unpaired) electrons. The Hall–Kier alpha value is -1.05. The molecule has 0 bridgehead atoms. The molecule has 1 aromatic heterocycles. The first kappa shape index (κ1) is 16.3. The van der Waals surface area contributed by atoms with E-state index in [1.54, 1.807) is 18.9 Å². The lowest BCUT2D eigenvalue weighted by atomic mass is 10.2. The van der Waals surface area contributed by atoms with Crippen molar-refractivity contribution < 1.29 is 4.74 Å². The van der Waals surface area contributed by atoms with Crippen LogP contribution in [0.25, 0.3) is 0 Å². The zero-order valence-corrected chi connectivity index (χ0v) is 14.7. The van der Waals surface area contributed by atoms with Crippen LogP contribution in [0.2, 0.25) is 0 Å². The van der Waals surface area contributed by atoms with Crippen molar-refractivity contribution >= 4 is 27.7 Å². The number of ether oxygens (including phenoxy) is 1. The van der Waals surface area contributed by atoms with E-state index < -0.39 is 0 Å². The molecule has 0 spiro atoms. The summed E-state index contributed by atoms with van der Waals surface area (Å²) in [7, 11) is 1.66. The summed E-state index contributed by atoms with van der Waals surface area (Å²) < 4.78 is 8.28. The summed E-state index contributed by atoms with van der Waals surface area (Å²) in [6.45, 7) is 4.62. The molecule has 1 aromatic carbocycles. The zero-order valence-electron chi connectivity index (χ0n) is 12.3. The van der Waals surface area contributed by atoms with E-state index in [0.717, 1.165) is 27.0 Å². The molecule has 0 saturated heterocycles. The quantitative estimate of drug-likeness (QED) is 0.789. The normalized spacial score (nSPS) is 11.1. The van der Waals surface area contributed by atoms with Crippen molar-refractivity contribution in [2.45, 2.75) is 37.3 Å². The average Bonchev–Trinajstić information content (AvgIpc) is 2.88. The van der Waals surface area contributed by atoms with Crippen LogP contribution in [0.1, 0.15) is 31.3 Å². The highest BCUT2D eigenvalue weighted by molar-refractivity contribution is 9.10. The first-order valence-electron chi connectivity index (χ1n) is 6.65. The van der Waals surface area contributed by atoms with Gasteiger partial charge in [0.2, 0.25) is 0 Å². The topological polar surface area (TPSA) is 66.0 Å². The first-order valence-corrected chi connectivity index (χ1v) is 8.43. The van der Waals surface area contributed by atoms with Crippen LogP contribution in [0.15, 0.2) is 27.8 Å². The van der Waals surface area contributed by atoms with Gasteiger partial charge in [0, 0.05) is 11.8 Å². The summed E-state index contributed by atoms with van der Waals surface area (Å²) in [5.74, 6) is 2.47. The van der Waals surface area contributed by atoms with Crippen molar-refractivity contribution in [3.8, 4) is 5.75 Å². The molecule has 2 aromatic rings. The van der Waals surface area contributed by atoms with Gasteiger partial charge in [0.15, 0.2) is 5.16 Å². The Morgan fingerprint density at radius 2 is 2.14 bits per heavy atom. The van der Waals surface area contributed by atoms with Crippen LogP contribution in [-0.2, 0) is 12.3 Å². The van der Waals surface area contributed by atoms with Crippen molar-refractivity contribution in [1.29, 1.82) is 0 Å². The molecule has 0 aliphatic carbocycles.